The number of nitrogens with one attached hydrogen (secondary N) is 1. The van der Waals surface area contributed by atoms with Gasteiger partial charge < -0.3 is 5.32 Å². The normalized spacial score (nSPS) is 14.2. The maximum Gasteiger partial charge on any atom is 0.224 e. The Morgan fingerprint density at radius 2 is 2.16 bits per heavy atom. The fourth-order valence-corrected chi connectivity index (χ4v) is 2.60. The van der Waals surface area contributed by atoms with Crippen LogP contribution in [0.2, 0.25) is 5.02 Å². The molecule has 6 heteroatoms. The van der Waals surface area contributed by atoms with Gasteiger partial charge in [0.15, 0.2) is 5.82 Å². The average Bonchev–Trinajstić information content (AvgIpc) is 2.85. The van der Waals surface area contributed by atoms with Crippen molar-refractivity contribution in [3.05, 3.63) is 28.9 Å². The summed E-state index contributed by atoms with van der Waals surface area (Å²) < 4.78 is 2.00. The monoisotopic (exact) mass is 277 g/mol. The van der Waals surface area contributed by atoms with Crippen molar-refractivity contribution in [2.75, 3.05) is 11.9 Å². The number of hydrogen-bond acceptors (Lipinski definition) is 4. The molecule has 1 aliphatic rings. The van der Waals surface area contributed by atoms with E-state index < -0.39 is 0 Å². The smallest absolute Gasteiger partial charge is 0.224 e. The molecule has 3 rings (SSSR count). The minimum Gasteiger partial charge on any atom is -0.354 e. The van der Waals surface area contributed by atoms with Gasteiger partial charge in [-0.3, -0.25) is 4.57 Å². The molecule has 19 heavy (non-hydrogen) atoms. The summed E-state index contributed by atoms with van der Waals surface area (Å²) in [5.74, 6) is 1.31. The molecular formula is C13H16ClN5. The summed E-state index contributed by atoms with van der Waals surface area (Å²) in [4.78, 5) is 13.1. The van der Waals surface area contributed by atoms with Crippen LogP contribution < -0.4 is 5.32 Å². The van der Waals surface area contributed by atoms with Gasteiger partial charge in [0.1, 0.15) is 11.3 Å². The summed E-state index contributed by atoms with van der Waals surface area (Å²) in [6.45, 7) is 2.79. The molecule has 0 radical (unpaired) electrons. The molecule has 0 saturated carbocycles. The summed E-state index contributed by atoms with van der Waals surface area (Å²) in [5, 5.41) is 3.65. The Labute approximate surface area is 117 Å². The number of aryl methyl sites for hydroxylation is 1. The number of aromatic nitrogens is 4. The van der Waals surface area contributed by atoms with Crippen LogP contribution in [0, 0.1) is 0 Å². The molecule has 0 amide bonds. The number of halogens is 1. The summed E-state index contributed by atoms with van der Waals surface area (Å²) in [6, 6.07) is 0. The maximum atomic E-state index is 6.23. The lowest BCUT2D eigenvalue weighted by Crippen LogP contribution is -2.10. The van der Waals surface area contributed by atoms with E-state index in [1.165, 1.54) is 24.2 Å². The van der Waals surface area contributed by atoms with Crippen LogP contribution in [0.3, 0.4) is 0 Å². The van der Waals surface area contributed by atoms with Gasteiger partial charge in [0, 0.05) is 12.2 Å². The highest BCUT2D eigenvalue weighted by atomic mass is 35.5. The van der Waals surface area contributed by atoms with Crippen molar-refractivity contribution in [2.45, 2.75) is 32.6 Å². The molecule has 2 aromatic heterocycles. The predicted molar refractivity (Wildman–Crippen MR) is 75.0 cm³/mol. The zero-order valence-electron chi connectivity index (χ0n) is 10.9. The van der Waals surface area contributed by atoms with Gasteiger partial charge >= 0.3 is 0 Å². The van der Waals surface area contributed by atoms with E-state index in [0.717, 1.165) is 19.4 Å². The molecule has 2 heterocycles. The highest BCUT2D eigenvalue weighted by Crippen LogP contribution is 2.26. The standard InChI is InChI=1S/C13H16ClN5/c1-2-15-13-16-7-9(14)12(18-13)19-8-17-10-5-3-4-6-11(10)19/h7-8H,2-6H2,1H3,(H,15,16,18). The third-order valence-electron chi connectivity index (χ3n) is 3.32. The summed E-state index contributed by atoms with van der Waals surface area (Å²) >= 11 is 6.23. The number of imidazole rings is 1. The van der Waals surface area contributed by atoms with Crippen molar-refractivity contribution in [3.8, 4) is 5.82 Å². The molecular weight excluding hydrogens is 262 g/mol. The largest absolute Gasteiger partial charge is 0.354 e. The third kappa shape index (κ3) is 2.30. The first-order valence-corrected chi connectivity index (χ1v) is 6.99. The molecule has 0 aromatic carbocycles. The predicted octanol–water partition coefficient (Wildman–Crippen LogP) is 2.63. The summed E-state index contributed by atoms with van der Waals surface area (Å²) in [7, 11) is 0. The molecule has 0 bridgehead atoms. The molecule has 0 aliphatic heterocycles. The van der Waals surface area contributed by atoms with E-state index in [1.54, 1.807) is 6.20 Å². The molecule has 0 atom stereocenters. The van der Waals surface area contributed by atoms with Crippen molar-refractivity contribution in [1.82, 2.24) is 19.5 Å². The Morgan fingerprint density at radius 3 is 3.00 bits per heavy atom. The van der Waals surface area contributed by atoms with E-state index in [9.17, 15) is 0 Å². The molecule has 0 unspecified atom stereocenters. The van der Waals surface area contributed by atoms with E-state index in [4.69, 9.17) is 11.6 Å². The van der Waals surface area contributed by atoms with Crippen LogP contribution in [0.25, 0.3) is 5.82 Å². The Hall–Kier alpha value is -1.62. The zero-order chi connectivity index (χ0) is 13.2. The van der Waals surface area contributed by atoms with Gasteiger partial charge in [-0.2, -0.15) is 4.98 Å². The highest BCUT2D eigenvalue weighted by molar-refractivity contribution is 6.32. The quantitative estimate of drug-likeness (QED) is 0.937. The Kier molecular flexibility index (Phi) is 3.38. The number of rotatable bonds is 3. The first kappa shape index (κ1) is 12.4. The third-order valence-corrected chi connectivity index (χ3v) is 3.59. The van der Waals surface area contributed by atoms with Crippen LogP contribution in [0.4, 0.5) is 5.95 Å². The second-order valence-corrected chi connectivity index (χ2v) is 5.02. The summed E-state index contributed by atoms with van der Waals surface area (Å²) in [6.07, 6.45) is 7.94. The van der Waals surface area contributed by atoms with Crippen LogP contribution in [-0.4, -0.2) is 26.1 Å². The van der Waals surface area contributed by atoms with Gasteiger partial charge in [-0.05, 0) is 32.6 Å². The van der Waals surface area contributed by atoms with Gasteiger partial charge in [0.05, 0.1) is 11.9 Å². The van der Waals surface area contributed by atoms with E-state index in [-0.39, 0.29) is 0 Å². The lowest BCUT2D eigenvalue weighted by molar-refractivity contribution is 0.654. The number of anilines is 1. The fraction of sp³-hybridized carbons (Fsp3) is 0.462. The van der Waals surface area contributed by atoms with Gasteiger partial charge in [0.25, 0.3) is 0 Å². The van der Waals surface area contributed by atoms with Crippen molar-refractivity contribution in [3.63, 3.8) is 0 Å². The lowest BCUT2D eigenvalue weighted by Gasteiger charge is -2.14. The van der Waals surface area contributed by atoms with Crippen LogP contribution in [0.1, 0.15) is 31.2 Å². The Morgan fingerprint density at radius 1 is 1.32 bits per heavy atom. The van der Waals surface area contributed by atoms with Crippen LogP contribution in [-0.2, 0) is 12.8 Å². The molecule has 0 saturated heterocycles. The first-order chi connectivity index (χ1) is 9.29. The molecule has 0 fully saturated rings. The minimum absolute atomic E-state index is 0.549. The van der Waals surface area contributed by atoms with E-state index in [0.29, 0.717) is 16.8 Å². The zero-order valence-corrected chi connectivity index (χ0v) is 11.6. The van der Waals surface area contributed by atoms with Gasteiger partial charge in [-0.25, -0.2) is 9.97 Å². The van der Waals surface area contributed by atoms with Crippen LogP contribution >= 0.6 is 11.6 Å². The van der Waals surface area contributed by atoms with Crippen molar-refractivity contribution >= 4 is 17.5 Å². The Balaban J connectivity index is 2.06. The van der Waals surface area contributed by atoms with Gasteiger partial charge in [-0.1, -0.05) is 11.6 Å². The lowest BCUT2D eigenvalue weighted by atomic mass is 10.0. The Bertz CT molecular complexity index is 593. The molecule has 1 aliphatic carbocycles. The maximum absolute atomic E-state index is 6.23. The van der Waals surface area contributed by atoms with Gasteiger partial charge in [-0.15, -0.1) is 0 Å². The second-order valence-electron chi connectivity index (χ2n) is 4.61. The molecule has 2 aromatic rings. The number of nitrogens with zero attached hydrogens (tertiary/aromatic N) is 4. The number of fused-ring (bicyclic) bond motifs is 1. The van der Waals surface area contributed by atoms with E-state index in [1.807, 2.05) is 17.8 Å². The minimum atomic E-state index is 0.549. The summed E-state index contributed by atoms with van der Waals surface area (Å²) in [5.41, 5.74) is 2.40. The fourth-order valence-electron chi connectivity index (χ4n) is 2.42. The molecule has 1 N–H and O–H groups in total. The highest BCUT2D eigenvalue weighted by Gasteiger charge is 2.18. The van der Waals surface area contributed by atoms with E-state index >= 15 is 0 Å². The SMILES string of the molecule is CCNc1ncc(Cl)c(-n2cnc3c2CCCC3)n1. The molecule has 0 spiro atoms. The van der Waals surface area contributed by atoms with E-state index in [2.05, 4.69) is 20.3 Å². The molecule has 5 nitrogen and oxygen atoms in total. The van der Waals surface area contributed by atoms with Gasteiger partial charge in [0.2, 0.25) is 5.95 Å². The average molecular weight is 278 g/mol. The van der Waals surface area contributed by atoms with Crippen molar-refractivity contribution in [2.24, 2.45) is 0 Å². The van der Waals surface area contributed by atoms with Crippen molar-refractivity contribution in [1.29, 1.82) is 0 Å². The van der Waals surface area contributed by atoms with Crippen LogP contribution in [0.5, 0.6) is 0 Å². The first-order valence-electron chi connectivity index (χ1n) is 6.61. The van der Waals surface area contributed by atoms with Crippen molar-refractivity contribution < 1.29 is 0 Å². The van der Waals surface area contributed by atoms with Crippen LogP contribution in [0.15, 0.2) is 12.5 Å². The topological polar surface area (TPSA) is 55.6 Å². The molecule has 100 valence electrons. The second kappa shape index (κ2) is 5.17. The number of hydrogen-bond donors (Lipinski definition) is 1.